The van der Waals surface area contributed by atoms with Gasteiger partial charge < -0.3 is 5.73 Å². The summed E-state index contributed by atoms with van der Waals surface area (Å²) in [5.74, 6) is 1.06. The van der Waals surface area contributed by atoms with E-state index in [9.17, 15) is 4.79 Å². The molecule has 0 amide bonds. The van der Waals surface area contributed by atoms with Crippen LogP contribution in [-0.4, -0.2) is 10.8 Å². The molecule has 86 valence electrons. The monoisotopic (exact) mass is 218 g/mol. The van der Waals surface area contributed by atoms with Gasteiger partial charge in [0.25, 0.3) is 0 Å². The van der Waals surface area contributed by atoms with Gasteiger partial charge in [0, 0.05) is 24.0 Å². The van der Waals surface area contributed by atoms with E-state index in [1.807, 2.05) is 0 Å². The summed E-state index contributed by atoms with van der Waals surface area (Å²) in [5.41, 5.74) is 6.95. The zero-order chi connectivity index (χ0) is 11.5. The number of ketones is 1. The number of nitrogens with two attached hydrogens (primary N) is 1. The highest BCUT2D eigenvalue weighted by Gasteiger charge is 2.30. The van der Waals surface area contributed by atoms with E-state index in [-0.39, 0.29) is 11.7 Å². The van der Waals surface area contributed by atoms with Crippen LogP contribution in [0.25, 0.3) is 0 Å². The maximum absolute atomic E-state index is 12.2. The van der Waals surface area contributed by atoms with Crippen LogP contribution >= 0.6 is 0 Å². The molecule has 1 aliphatic rings. The van der Waals surface area contributed by atoms with Gasteiger partial charge in [0.2, 0.25) is 0 Å². The number of Topliss-reactive ketones (excluding diaryl/α,β-unsaturated/α-hetero) is 1. The third kappa shape index (κ3) is 2.08. The van der Waals surface area contributed by atoms with Crippen LogP contribution in [0.4, 0.5) is 5.69 Å². The Morgan fingerprint density at radius 1 is 1.56 bits per heavy atom. The summed E-state index contributed by atoms with van der Waals surface area (Å²) in [6.07, 6.45) is 7.58. The van der Waals surface area contributed by atoms with E-state index in [0.717, 1.165) is 12.8 Å². The number of rotatable bonds is 3. The molecule has 2 atom stereocenters. The zero-order valence-electron chi connectivity index (χ0n) is 9.65. The molecular weight excluding hydrogens is 200 g/mol. The van der Waals surface area contributed by atoms with Crippen LogP contribution in [0.5, 0.6) is 0 Å². The summed E-state index contributed by atoms with van der Waals surface area (Å²) in [7, 11) is 0. The minimum Gasteiger partial charge on any atom is -0.398 e. The maximum atomic E-state index is 12.2. The lowest BCUT2D eigenvalue weighted by atomic mass is 9.94. The number of hydrogen-bond donors (Lipinski definition) is 1. The number of nitrogens with zero attached hydrogens (tertiary/aromatic N) is 1. The van der Waals surface area contributed by atoms with Crippen molar-refractivity contribution in [1.82, 2.24) is 4.98 Å². The molecule has 1 heterocycles. The second-order valence-electron chi connectivity index (χ2n) is 4.61. The number of pyridine rings is 1. The Morgan fingerprint density at radius 3 is 3.00 bits per heavy atom. The molecule has 0 bridgehead atoms. The lowest BCUT2D eigenvalue weighted by molar-refractivity contribution is 0.0920. The lowest BCUT2D eigenvalue weighted by Crippen LogP contribution is -2.14. The molecule has 2 unspecified atom stereocenters. The van der Waals surface area contributed by atoms with Crippen LogP contribution in [0.1, 0.15) is 43.0 Å². The first-order chi connectivity index (χ1) is 7.72. The fraction of sp³-hybridized carbons (Fsp3) is 0.538. The van der Waals surface area contributed by atoms with E-state index in [2.05, 4.69) is 11.9 Å². The Balaban J connectivity index is 2.12. The van der Waals surface area contributed by atoms with Gasteiger partial charge in [-0.15, -0.1) is 0 Å². The van der Waals surface area contributed by atoms with Crippen molar-refractivity contribution in [1.29, 1.82) is 0 Å². The average molecular weight is 218 g/mol. The van der Waals surface area contributed by atoms with Crippen molar-refractivity contribution in [2.24, 2.45) is 11.8 Å². The molecule has 1 fully saturated rings. The number of carbonyl (C=O) groups excluding carboxylic acids is 1. The smallest absolute Gasteiger partial charge is 0.169 e. The third-order valence-electron chi connectivity index (χ3n) is 3.61. The van der Waals surface area contributed by atoms with Crippen molar-refractivity contribution in [3.63, 3.8) is 0 Å². The van der Waals surface area contributed by atoms with Crippen molar-refractivity contribution >= 4 is 11.5 Å². The van der Waals surface area contributed by atoms with Gasteiger partial charge in [-0.2, -0.15) is 0 Å². The van der Waals surface area contributed by atoms with Gasteiger partial charge in [0.1, 0.15) is 0 Å². The number of nitrogen functional groups attached to an aromatic ring is 1. The first kappa shape index (κ1) is 11.1. The molecule has 2 N–H and O–H groups in total. The zero-order valence-corrected chi connectivity index (χ0v) is 9.65. The molecule has 0 saturated heterocycles. The normalized spacial score (nSPS) is 24.6. The first-order valence-corrected chi connectivity index (χ1v) is 5.96. The molecule has 0 aliphatic heterocycles. The Hall–Kier alpha value is -1.38. The van der Waals surface area contributed by atoms with Crippen LogP contribution in [-0.2, 0) is 0 Å². The Kier molecular flexibility index (Phi) is 3.22. The predicted molar refractivity (Wildman–Crippen MR) is 64.1 cm³/mol. The molecule has 1 aliphatic carbocycles. The molecule has 0 spiro atoms. The van der Waals surface area contributed by atoms with Gasteiger partial charge in [0.15, 0.2) is 5.78 Å². The van der Waals surface area contributed by atoms with E-state index < -0.39 is 0 Å². The van der Waals surface area contributed by atoms with Gasteiger partial charge in [-0.1, -0.05) is 13.3 Å². The molecular formula is C13H18N2O. The summed E-state index contributed by atoms with van der Waals surface area (Å²) in [6.45, 7) is 2.19. The molecule has 1 aromatic heterocycles. The Bertz CT molecular complexity index is 389. The molecule has 3 heteroatoms. The van der Waals surface area contributed by atoms with Crippen molar-refractivity contribution in [3.05, 3.63) is 24.0 Å². The molecule has 2 rings (SSSR count). The molecule has 1 saturated carbocycles. The second kappa shape index (κ2) is 4.64. The number of carbonyl (C=O) groups is 1. The lowest BCUT2D eigenvalue weighted by Gasteiger charge is -2.10. The quantitative estimate of drug-likeness (QED) is 0.793. The minimum atomic E-state index is 0.163. The summed E-state index contributed by atoms with van der Waals surface area (Å²) < 4.78 is 0. The summed E-state index contributed by atoms with van der Waals surface area (Å²) in [4.78, 5) is 16.2. The SMILES string of the molecule is CCC1CCC(C(=O)c2cnccc2N)C1. The van der Waals surface area contributed by atoms with E-state index >= 15 is 0 Å². The topological polar surface area (TPSA) is 56.0 Å². The van der Waals surface area contributed by atoms with Gasteiger partial charge in [0.05, 0.1) is 5.56 Å². The van der Waals surface area contributed by atoms with E-state index in [1.54, 1.807) is 18.5 Å². The third-order valence-corrected chi connectivity index (χ3v) is 3.61. The Labute approximate surface area is 96.1 Å². The number of hydrogen-bond acceptors (Lipinski definition) is 3. The highest BCUT2D eigenvalue weighted by atomic mass is 16.1. The van der Waals surface area contributed by atoms with Gasteiger partial charge >= 0.3 is 0 Å². The Morgan fingerprint density at radius 2 is 2.38 bits per heavy atom. The van der Waals surface area contributed by atoms with Crippen LogP contribution < -0.4 is 5.73 Å². The fourth-order valence-electron chi connectivity index (χ4n) is 2.51. The first-order valence-electron chi connectivity index (χ1n) is 5.96. The van der Waals surface area contributed by atoms with Crippen molar-refractivity contribution in [2.75, 3.05) is 5.73 Å². The minimum absolute atomic E-state index is 0.163. The summed E-state index contributed by atoms with van der Waals surface area (Å²) in [5, 5.41) is 0. The van der Waals surface area contributed by atoms with Crippen LogP contribution in [0.2, 0.25) is 0 Å². The average Bonchev–Trinajstić information content (AvgIpc) is 2.77. The highest BCUT2D eigenvalue weighted by Crippen LogP contribution is 2.35. The van der Waals surface area contributed by atoms with Crippen LogP contribution in [0.3, 0.4) is 0 Å². The van der Waals surface area contributed by atoms with Crippen molar-refractivity contribution < 1.29 is 4.79 Å². The van der Waals surface area contributed by atoms with Crippen LogP contribution in [0, 0.1) is 11.8 Å². The molecule has 3 nitrogen and oxygen atoms in total. The van der Waals surface area contributed by atoms with Crippen molar-refractivity contribution in [3.8, 4) is 0 Å². The molecule has 0 radical (unpaired) electrons. The van der Waals surface area contributed by atoms with Crippen molar-refractivity contribution in [2.45, 2.75) is 32.6 Å². The molecule has 1 aromatic rings. The number of aromatic nitrogens is 1. The maximum Gasteiger partial charge on any atom is 0.169 e. The fourth-order valence-corrected chi connectivity index (χ4v) is 2.51. The second-order valence-corrected chi connectivity index (χ2v) is 4.61. The van der Waals surface area contributed by atoms with Gasteiger partial charge in [-0.3, -0.25) is 9.78 Å². The van der Waals surface area contributed by atoms with E-state index in [4.69, 9.17) is 5.73 Å². The highest BCUT2D eigenvalue weighted by molar-refractivity contribution is 6.02. The van der Waals surface area contributed by atoms with E-state index in [1.165, 1.54) is 12.8 Å². The van der Waals surface area contributed by atoms with Crippen LogP contribution in [0.15, 0.2) is 18.5 Å². The largest absolute Gasteiger partial charge is 0.398 e. The predicted octanol–water partition coefficient (Wildman–Crippen LogP) is 2.67. The van der Waals surface area contributed by atoms with Gasteiger partial charge in [-0.25, -0.2) is 0 Å². The number of anilines is 1. The van der Waals surface area contributed by atoms with E-state index in [0.29, 0.717) is 17.2 Å². The molecule has 16 heavy (non-hydrogen) atoms. The molecule has 0 aromatic carbocycles. The summed E-state index contributed by atoms with van der Waals surface area (Å²) >= 11 is 0. The standard InChI is InChI=1S/C13H18N2O/c1-2-9-3-4-10(7-9)13(16)11-8-15-6-5-12(11)14/h5-6,8-10H,2-4,7H2,1H3,(H2,14,15). The summed E-state index contributed by atoms with van der Waals surface area (Å²) in [6, 6.07) is 1.69. The van der Waals surface area contributed by atoms with Gasteiger partial charge in [-0.05, 0) is 31.2 Å².